The molecule has 0 aliphatic carbocycles. The summed E-state index contributed by atoms with van der Waals surface area (Å²) in [4.78, 5) is 21.9. The first-order valence-electron chi connectivity index (χ1n) is 6.71. The van der Waals surface area contributed by atoms with E-state index in [1.807, 2.05) is 0 Å². The molecule has 4 N–H and O–H groups in total. The molecule has 0 bridgehead atoms. The number of anilines is 1. The normalized spacial score (nSPS) is 17.7. The zero-order valence-corrected chi connectivity index (χ0v) is 11.4. The van der Waals surface area contributed by atoms with Crippen molar-refractivity contribution in [1.82, 2.24) is 10.6 Å². The molecule has 0 radical (unpaired) electrons. The van der Waals surface area contributed by atoms with Gasteiger partial charge in [0.15, 0.2) is 0 Å². The summed E-state index contributed by atoms with van der Waals surface area (Å²) < 4.78 is 13.3. The van der Waals surface area contributed by atoms with Crippen LogP contribution in [0.2, 0.25) is 0 Å². The zero-order chi connectivity index (χ0) is 15.4. The number of hydrogen-bond donors (Lipinski definition) is 3. The van der Waals surface area contributed by atoms with E-state index in [1.165, 1.54) is 0 Å². The molecule has 0 spiro atoms. The van der Waals surface area contributed by atoms with Gasteiger partial charge in [-0.2, -0.15) is 0 Å². The lowest BCUT2D eigenvalue weighted by atomic mass is 10.1. The number of rotatable bonds is 5. The highest BCUT2D eigenvalue weighted by molar-refractivity contribution is 6.01. The molecule has 0 aromatic heterocycles. The second-order valence-electron chi connectivity index (χ2n) is 5.05. The first kappa shape index (κ1) is 15.2. The topological polar surface area (TPSA) is 110 Å². The highest BCUT2D eigenvalue weighted by atomic mass is 19.1. The molecule has 2 rings (SSSR count). The number of hydrogen-bond acceptors (Lipinski definition) is 5. The average Bonchev–Trinajstić information content (AvgIpc) is 2.93. The number of nitrogen functional groups attached to an aromatic ring is 1. The number of nitrogens with zero attached hydrogens (tertiary/aromatic N) is 1. The number of carbonyl (C=O) groups is 1. The fourth-order valence-corrected chi connectivity index (χ4v) is 2.39. The Kier molecular flexibility index (Phi) is 4.69. The monoisotopic (exact) mass is 296 g/mol. The molecule has 1 atom stereocenters. The van der Waals surface area contributed by atoms with Crippen molar-refractivity contribution < 1.29 is 14.1 Å². The second kappa shape index (κ2) is 6.49. The van der Waals surface area contributed by atoms with Crippen molar-refractivity contribution in [2.24, 2.45) is 5.92 Å². The minimum absolute atomic E-state index is 0.203. The Morgan fingerprint density at radius 1 is 1.57 bits per heavy atom. The van der Waals surface area contributed by atoms with Crippen molar-refractivity contribution in [2.75, 3.05) is 25.4 Å². The summed E-state index contributed by atoms with van der Waals surface area (Å²) >= 11 is 0. The molecule has 7 nitrogen and oxygen atoms in total. The lowest BCUT2D eigenvalue weighted by Crippen LogP contribution is -2.27. The van der Waals surface area contributed by atoms with E-state index < -0.39 is 22.3 Å². The number of nitro benzene ring substituents is 1. The summed E-state index contributed by atoms with van der Waals surface area (Å²) in [6.07, 6.45) is 1.86. The number of amides is 1. The molecule has 1 heterocycles. The van der Waals surface area contributed by atoms with Gasteiger partial charge in [0.1, 0.15) is 11.5 Å². The Bertz CT molecular complexity index is 559. The van der Waals surface area contributed by atoms with Gasteiger partial charge in [0.25, 0.3) is 11.6 Å². The van der Waals surface area contributed by atoms with Crippen LogP contribution in [0.4, 0.5) is 15.8 Å². The van der Waals surface area contributed by atoms with E-state index in [0.717, 1.165) is 32.0 Å². The smallest absolute Gasteiger partial charge is 0.295 e. The van der Waals surface area contributed by atoms with Crippen LogP contribution < -0.4 is 16.4 Å². The largest absolute Gasteiger partial charge is 0.393 e. The third-order valence-corrected chi connectivity index (χ3v) is 3.56. The molecule has 8 heteroatoms. The molecule has 1 aromatic rings. The SMILES string of the molecule is Nc1c(C(=O)NCCC2CCNC2)cc(F)cc1[N+](=O)[O-]. The molecule has 114 valence electrons. The standard InChI is InChI=1S/C13H17FN4O3/c14-9-5-10(12(15)11(6-9)18(20)21)13(19)17-4-2-8-1-3-16-7-8/h5-6,8,16H,1-4,7,15H2,(H,17,19). The molecule has 1 fully saturated rings. The predicted octanol–water partition coefficient (Wildman–Crippen LogP) is 1.05. The molecule has 1 amide bonds. The third-order valence-electron chi connectivity index (χ3n) is 3.56. The molecule has 1 saturated heterocycles. The van der Waals surface area contributed by atoms with Crippen LogP contribution in [0.15, 0.2) is 12.1 Å². The summed E-state index contributed by atoms with van der Waals surface area (Å²) in [6, 6.07) is 1.62. The summed E-state index contributed by atoms with van der Waals surface area (Å²) in [5.74, 6) is -0.952. The van der Waals surface area contributed by atoms with Gasteiger partial charge in [-0.05, 0) is 37.9 Å². The molecule has 1 unspecified atom stereocenters. The Morgan fingerprint density at radius 2 is 2.33 bits per heavy atom. The van der Waals surface area contributed by atoms with Gasteiger partial charge in [0, 0.05) is 6.54 Å². The van der Waals surface area contributed by atoms with Crippen molar-refractivity contribution in [3.8, 4) is 0 Å². The molecule has 1 aliphatic heterocycles. The summed E-state index contributed by atoms with van der Waals surface area (Å²) in [6.45, 7) is 2.32. The summed E-state index contributed by atoms with van der Waals surface area (Å²) in [5.41, 5.74) is 4.45. The number of benzene rings is 1. The second-order valence-corrected chi connectivity index (χ2v) is 5.05. The Morgan fingerprint density at radius 3 is 2.95 bits per heavy atom. The minimum Gasteiger partial charge on any atom is -0.393 e. The molecule has 1 aromatic carbocycles. The van der Waals surface area contributed by atoms with Gasteiger partial charge in [-0.3, -0.25) is 14.9 Å². The minimum atomic E-state index is -0.860. The number of nitrogens with two attached hydrogens (primary N) is 1. The van der Waals surface area contributed by atoms with E-state index in [-0.39, 0.29) is 11.3 Å². The van der Waals surface area contributed by atoms with Gasteiger partial charge in [-0.15, -0.1) is 0 Å². The lowest BCUT2D eigenvalue weighted by Gasteiger charge is -2.10. The molecular formula is C13H17FN4O3. The quantitative estimate of drug-likeness (QED) is 0.427. The van der Waals surface area contributed by atoms with Crippen molar-refractivity contribution >= 4 is 17.3 Å². The van der Waals surface area contributed by atoms with Gasteiger partial charge >= 0.3 is 0 Å². The van der Waals surface area contributed by atoms with E-state index in [0.29, 0.717) is 18.5 Å². The fraction of sp³-hybridized carbons (Fsp3) is 0.462. The van der Waals surface area contributed by atoms with E-state index in [2.05, 4.69) is 10.6 Å². The van der Waals surface area contributed by atoms with Crippen molar-refractivity contribution in [3.05, 3.63) is 33.6 Å². The van der Waals surface area contributed by atoms with Gasteiger partial charge in [0.2, 0.25) is 0 Å². The average molecular weight is 296 g/mol. The number of halogens is 1. The van der Waals surface area contributed by atoms with Crippen LogP contribution in [-0.4, -0.2) is 30.5 Å². The maximum atomic E-state index is 13.3. The highest BCUT2D eigenvalue weighted by Crippen LogP contribution is 2.26. The van der Waals surface area contributed by atoms with E-state index in [4.69, 9.17) is 5.73 Å². The number of nitro groups is 1. The van der Waals surface area contributed by atoms with Gasteiger partial charge < -0.3 is 16.4 Å². The van der Waals surface area contributed by atoms with Crippen molar-refractivity contribution in [3.63, 3.8) is 0 Å². The van der Waals surface area contributed by atoms with Gasteiger partial charge in [-0.25, -0.2) is 4.39 Å². The van der Waals surface area contributed by atoms with Crippen LogP contribution in [0.25, 0.3) is 0 Å². The Balaban J connectivity index is 2.02. The maximum Gasteiger partial charge on any atom is 0.295 e. The van der Waals surface area contributed by atoms with Gasteiger partial charge in [0.05, 0.1) is 16.6 Å². The first-order valence-corrected chi connectivity index (χ1v) is 6.71. The van der Waals surface area contributed by atoms with Crippen molar-refractivity contribution in [1.29, 1.82) is 0 Å². The summed E-state index contributed by atoms with van der Waals surface area (Å²) in [7, 11) is 0. The molecule has 21 heavy (non-hydrogen) atoms. The van der Waals surface area contributed by atoms with Crippen LogP contribution in [0, 0.1) is 21.8 Å². The fourth-order valence-electron chi connectivity index (χ4n) is 2.39. The van der Waals surface area contributed by atoms with E-state index in [1.54, 1.807) is 0 Å². The van der Waals surface area contributed by atoms with Crippen molar-refractivity contribution in [2.45, 2.75) is 12.8 Å². The molecule has 1 aliphatic rings. The highest BCUT2D eigenvalue weighted by Gasteiger charge is 2.22. The zero-order valence-electron chi connectivity index (χ0n) is 11.4. The van der Waals surface area contributed by atoms with Crippen LogP contribution in [0.5, 0.6) is 0 Å². The van der Waals surface area contributed by atoms with Crippen LogP contribution in [0.3, 0.4) is 0 Å². The number of carbonyl (C=O) groups excluding carboxylic acids is 1. The van der Waals surface area contributed by atoms with Gasteiger partial charge in [-0.1, -0.05) is 0 Å². The maximum absolute atomic E-state index is 13.3. The lowest BCUT2D eigenvalue weighted by molar-refractivity contribution is -0.384. The van der Waals surface area contributed by atoms with E-state index >= 15 is 0 Å². The number of nitrogens with one attached hydrogen (secondary N) is 2. The Labute approximate surface area is 120 Å². The van der Waals surface area contributed by atoms with E-state index in [9.17, 15) is 19.3 Å². The summed E-state index contributed by atoms with van der Waals surface area (Å²) in [5, 5.41) is 16.6. The van der Waals surface area contributed by atoms with Crippen LogP contribution in [0.1, 0.15) is 23.2 Å². The molecule has 0 saturated carbocycles. The van der Waals surface area contributed by atoms with Crippen LogP contribution >= 0.6 is 0 Å². The first-order chi connectivity index (χ1) is 9.99. The predicted molar refractivity (Wildman–Crippen MR) is 75.4 cm³/mol. The molecular weight excluding hydrogens is 279 g/mol. The third kappa shape index (κ3) is 3.66. The van der Waals surface area contributed by atoms with Crippen LogP contribution in [-0.2, 0) is 0 Å². The Hall–Kier alpha value is -2.22.